The summed E-state index contributed by atoms with van der Waals surface area (Å²) in [6.45, 7) is 0.239. The summed E-state index contributed by atoms with van der Waals surface area (Å²) in [5, 5.41) is 15.0. The van der Waals surface area contributed by atoms with Crippen molar-refractivity contribution in [1.82, 2.24) is 19.2 Å². The lowest BCUT2D eigenvalue weighted by atomic mass is 10.0. The van der Waals surface area contributed by atoms with Crippen molar-refractivity contribution in [3.63, 3.8) is 0 Å². The summed E-state index contributed by atoms with van der Waals surface area (Å²) < 4.78 is 60.1. The van der Waals surface area contributed by atoms with Crippen LogP contribution in [0.4, 0.5) is 0 Å². The van der Waals surface area contributed by atoms with Crippen molar-refractivity contribution in [1.29, 1.82) is 0 Å². The van der Waals surface area contributed by atoms with Gasteiger partial charge in [0.1, 0.15) is 30.7 Å². The van der Waals surface area contributed by atoms with E-state index in [2.05, 4.69) is 15.6 Å². The molecule has 2 heterocycles. The number of Topliss-reactive ketones (excluding diaryl/α,β-unsaturated/α-hetero) is 2. The Kier molecular flexibility index (Phi) is 20.7. The number of rotatable bonds is 21. The number of hydrogen-bond acceptors (Lipinski definition) is 13. The van der Waals surface area contributed by atoms with E-state index in [1.807, 2.05) is 0 Å². The number of nitrogens with zero attached hydrogens (tertiary/aromatic N) is 3. The number of hydrogen-bond donors (Lipinski definition) is 6. The van der Waals surface area contributed by atoms with Gasteiger partial charge in [0, 0.05) is 38.8 Å². The van der Waals surface area contributed by atoms with E-state index in [1.54, 1.807) is 84.9 Å². The molecule has 4 aromatic carbocycles. The third-order valence-corrected chi connectivity index (χ3v) is 15.9. The van der Waals surface area contributed by atoms with Crippen LogP contribution in [-0.4, -0.2) is 129 Å². The van der Waals surface area contributed by atoms with Gasteiger partial charge >= 0.3 is 11.9 Å². The molecule has 386 valence electrons. The second-order valence-electron chi connectivity index (χ2n) is 17.3. The summed E-state index contributed by atoms with van der Waals surface area (Å²) in [5.41, 5.74) is 18.7. The quantitative estimate of drug-likeness (QED) is 0.0393. The van der Waals surface area contributed by atoms with Crippen LogP contribution in [0.15, 0.2) is 124 Å². The van der Waals surface area contributed by atoms with Gasteiger partial charge < -0.3 is 37.7 Å². The second kappa shape index (κ2) is 26.6. The van der Waals surface area contributed by atoms with Gasteiger partial charge in [0.2, 0.25) is 31.9 Å². The third kappa shape index (κ3) is 15.8. The monoisotopic (exact) mass is 1030 g/mol. The number of carbonyl (C=O) groups excluding carboxylic acids is 5. The summed E-state index contributed by atoms with van der Waals surface area (Å²) in [7, 11) is -6.56. The molecule has 4 atom stereocenters. The SMILES string of the molecule is COC(=O)C(Cc1ccc(CC(=O)CN)cc1)NC(=O)[C@@H]1CCCCN1S(=O)(=O)c1ccccc1.NC(N)=NCC(=O)Cc1ccc(CC(NC(=O)[C@@H]2CCCCN2S(=O)(=O)c2ccccc2)C(=O)O)cc1. The Balaban J connectivity index is 0.000000268. The number of benzene rings is 4. The van der Waals surface area contributed by atoms with Crippen molar-refractivity contribution in [2.45, 2.75) is 98.2 Å². The summed E-state index contributed by atoms with van der Waals surface area (Å²) in [5.74, 6) is -3.48. The topological polar surface area (TPSA) is 321 Å². The van der Waals surface area contributed by atoms with Gasteiger partial charge in [-0.1, -0.05) is 97.8 Å². The number of nitrogens with two attached hydrogens (primary N) is 3. The van der Waals surface area contributed by atoms with Gasteiger partial charge in [0.05, 0.1) is 23.4 Å². The molecule has 2 saturated heterocycles. The number of nitrogens with one attached hydrogen (secondary N) is 2. The lowest BCUT2D eigenvalue weighted by Crippen LogP contribution is -2.55. The zero-order chi connectivity index (χ0) is 52.4. The predicted octanol–water partition coefficient (Wildman–Crippen LogP) is 1.63. The van der Waals surface area contributed by atoms with Gasteiger partial charge in [-0.25, -0.2) is 31.4 Å². The number of carboxylic acids is 1. The third-order valence-electron chi connectivity index (χ3n) is 12.0. The molecule has 0 aliphatic carbocycles. The normalized spacial score (nSPS) is 17.1. The van der Waals surface area contributed by atoms with Crippen LogP contribution in [0.2, 0.25) is 0 Å². The van der Waals surface area contributed by atoms with E-state index >= 15 is 0 Å². The fourth-order valence-electron chi connectivity index (χ4n) is 8.26. The Morgan fingerprint density at radius 2 is 1.03 bits per heavy atom. The highest BCUT2D eigenvalue weighted by Gasteiger charge is 2.40. The maximum atomic E-state index is 13.2. The smallest absolute Gasteiger partial charge is 0.328 e. The molecule has 72 heavy (non-hydrogen) atoms. The molecule has 2 aliphatic heterocycles. The van der Waals surface area contributed by atoms with Crippen LogP contribution in [0, 0.1) is 0 Å². The van der Waals surface area contributed by atoms with E-state index in [4.69, 9.17) is 21.9 Å². The number of ketones is 2. The average Bonchev–Trinajstić information content (AvgIpc) is 3.39. The van der Waals surface area contributed by atoms with Gasteiger partial charge in [0.15, 0.2) is 17.5 Å². The van der Waals surface area contributed by atoms with E-state index in [0.29, 0.717) is 49.7 Å². The molecule has 22 heteroatoms. The Hall–Kier alpha value is -6.85. The minimum Gasteiger partial charge on any atom is -0.480 e. The summed E-state index contributed by atoms with van der Waals surface area (Å²) in [6.07, 6.45) is 3.75. The molecule has 0 radical (unpaired) electrons. The fourth-order valence-corrected chi connectivity index (χ4v) is 11.6. The Morgan fingerprint density at radius 3 is 1.43 bits per heavy atom. The van der Waals surface area contributed by atoms with Crippen molar-refractivity contribution in [3.05, 3.63) is 131 Å². The average molecular weight is 1030 g/mol. The lowest BCUT2D eigenvalue weighted by molar-refractivity contribution is -0.145. The molecular weight excluding hydrogens is 969 g/mol. The van der Waals surface area contributed by atoms with Crippen LogP contribution < -0.4 is 27.8 Å². The molecule has 0 aromatic heterocycles. The number of esters is 1. The molecule has 2 fully saturated rings. The highest BCUT2D eigenvalue weighted by molar-refractivity contribution is 7.89. The number of methoxy groups -OCH3 is 1. The molecule has 2 amide bonds. The maximum Gasteiger partial charge on any atom is 0.328 e. The van der Waals surface area contributed by atoms with Gasteiger partial charge in [-0.2, -0.15) is 8.61 Å². The molecule has 0 saturated carbocycles. The fraction of sp³-hybridized carbons (Fsp3) is 0.380. The molecule has 0 spiro atoms. The van der Waals surface area contributed by atoms with Crippen LogP contribution in [0.3, 0.4) is 0 Å². The van der Waals surface area contributed by atoms with Crippen LogP contribution in [0.5, 0.6) is 0 Å². The van der Waals surface area contributed by atoms with Gasteiger partial charge in [-0.05, 0) is 72.2 Å². The highest BCUT2D eigenvalue weighted by atomic mass is 32.2. The first-order valence-electron chi connectivity index (χ1n) is 23.3. The second-order valence-corrected chi connectivity index (χ2v) is 21.1. The van der Waals surface area contributed by atoms with Crippen molar-refractivity contribution in [2.75, 3.05) is 33.3 Å². The maximum absolute atomic E-state index is 13.2. The number of ether oxygens (including phenoxy) is 1. The largest absolute Gasteiger partial charge is 0.480 e. The number of carbonyl (C=O) groups is 6. The van der Waals surface area contributed by atoms with Crippen LogP contribution in [-0.2, 0) is 79.2 Å². The van der Waals surface area contributed by atoms with Crippen LogP contribution in [0.1, 0.15) is 60.8 Å². The zero-order valence-electron chi connectivity index (χ0n) is 39.9. The molecule has 4 aromatic rings. The molecular formula is C50H62N8O12S2. The van der Waals surface area contributed by atoms with Crippen molar-refractivity contribution in [2.24, 2.45) is 22.2 Å². The first-order chi connectivity index (χ1) is 34.3. The number of guanidine groups is 1. The number of carboxylic acid groups (broad SMARTS) is 1. The van der Waals surface area contributed by atoms with E-state index < -0.39 is 68.0 Å². The molecule has 9 N–H and O–H groups in total. The number of piperidine rings is 2. The van der Waals surface area contributed by atoms with Gasteiger partial charge in [-0.3, -0.25) is 19.2 Å². The summed E-state index contributed by atoms with van der Waals surface area (Å²) in [6, 6.07) is 25.5. The van der Waals surface area contributed by atoms with Gasteiger partial charge in [-0.15, -0.1) is 0 Å². The summed E-state index contributed by atoms with van der Waals surface area (Å²) >= 11 is 0. The zero-order valence-corrected chi connectivity index (χ0v) is 41.6. The first kappa shape index (κ1) is 56.1. The number of amides is 2. The summed E-state index contributed by atoms with van der Waals surface area (Å²) in [4.78, 5) is 78.1. The minimum atomic E-state index is -3.92. The Labute approximate surface area is 419 Å². The molecule has 2 aliphatic rings. The lowest BCUT2D eigenvalue weighted by Gasteiger charge is -2.34. The van der Waals surface area contributed by atoms with E-state index in [0.717, 1.165) is 15.4 Å². The Morgan fingerprint density at radius 1 is 0.625 bits per heavy atom. The van der Waals surface area contributed by atoms with Crippen molar-refractivity contribution in [3.8, 4) is 0 Å². The van der Waals surface area contributed by atoms with Crippen LogP contribution >= 0.6 is 0 Å². The predicted molar refractivity (Wildman–Crippen MR) is 267 cm³/mol. The van der Waals surface area contributed by atoms with Crippen molar-refractivity contribution >= 4 is 61.3 Å². The Bertz CT molecular complexity index is 2760. The molecule has 20 nitrogen and oxygen atoms in total. The molecule has 0 bridgehead atoms. The van der Waals surface area contributed by atoms with E-state index in [9.17, 15) is 50.7 Å². The van der Waals surface area contributed by atoms with Crippen molar-refractivity contribution < 1.29 is 55.4 Å². The number of sulfonamides is 2. The molecule has 6 rings (SSSR count). The highest BCUT2D eigenvalue weighted by Crippen LogP contribution is 2.27. The number of aliphatic imine (C=N–C) groups is 1. The number of aliphatic carboxylic acids is 1. The van der Waals surface area contributed by atoms with Crippen LogP contribution in [0.25, 0.3) is 0 Å². The van der Waals surface area contributed by atoms with E-state index in [1.165, 1.54) is 35.7 Å². The van der Waals surface area contributed by atoms with E-state index in [-0.39, 0.29) is 79.2 Å². The first-order valence-corrected chi connectivity index (χ1v) is 26.2. The van der Waals surface area contributed by atoms with Gasteiger partial charge in [0.25, 0.3) is 0 Å². The standard InChI is InChI=1S/C25H31N5O6S.C25H31N3O6S/c26-25(27)28-16-19(31)14-17-9-11-18(12-10-17)15-21(24(33)34)29-23(32)22-8-4-5-13-30(22)37(35,36)20-6-2-1-3-7-20;1-34-25(31)22(16-19-12-10-18(11-13-19)15-20(29)17-26)27-24(30)23-9-5-6-14-28(23)35(32,33)21-7-3-2-4-8-21/h1-3,6-7,9-12,21-22H,4-5,8,13-16H2,(H,29,32)(H,33,34)(H4,26,27,28);2-4,7-8,10-13,22-23H,5-6,9,14-17,26H2,1H3,(H,27,30)/t21?,22-;22?,23-/m00/s1. The minimum absolute atomic E-state index is 0.0124. The molecule has 2 unspecified atom stereocenters.